The maximum atomic E-state index is 12.4. The highest BCUT2D eigenvalue weighted by atomic mass is 35.5. The minimum Gasteiger partial charge on any atom is -0.486 e. The molecule has 0 atom stereocenters. The third-order valence-corrected chi connectivity index (χ3v) is 3.55. The molecular weight excluding hydrogens is 313 g/mol. The summed E-state index contributed by atoms with van der Waals surface area (Å²) in [5.41, 5.74) is 0.840. The number of para-hydroxylation sites is 1. The first-order chi connectivity index (χ1) is 10.1. The van der Waals surface area contributed by atoms with Crippen molar-refractivity contribution in [2.75, 3.05) is 18.5 Å². The van der Waals surface area contributed by atoms with Gasteiger partial charge in [0.1, 0.15) is 13.2 Å². The number of benzene rings is 2. The van der Waals surface area contributed by atoms with Crippen molar-refractivity contribution < 1.29 is 14.3 Å². The summed E-state index contributed by atoms with van der Waals surface area (Å²) in [5, 5.41) is 3.63. The van der Waals surface area contributed by atoms with E-state index in [9.17, 15) is 4.79 Å². The van der Waals surface area contributed by atoms with Crippen molar-refractivity contribution in [3.63, 3.8) is 0 Å². The lowest BCUT2D eigenvalue weighted by Crippen LogP contribution is -2.20. The van der Waals surface area contributed by atoms with E-state index in [2.05, 4.69) is 5.32 Å². The lowest BCUT2D eigenvalue weighted by molar-refractivity contribution is 0.101. The van der Waals surface area contributed by atoms with Crippen molar-refractivity contribution >= 4 is 34.8 Å². The summed E-state index contributed by atoms with van der Waals surface area (Å²) in [6, 6.07) is 10.0. The van der Waals surface area contributed by atoms with E-state index in [1.807, 2.05) is 0 Å². The molecule has 0 fully saturated rings. The summed E-state index contributed by atoms with van der Waals surface area (Å²) >= 11 is 11.9. The van der Waals surface area contributed by atoms with Gasteiger partial charge in [0.2, 0.25) is 0 Å². The normalized spacial score (nSPS) is 12.9. The number of anilines is 1. The van der Waals surface area contributed by atoms with E-state index in [0.29, 0.717) is 46.0 Å². The number of carbonyl (C=O) groups is 1. The fourth-order valence-electron chi connectivity index (χ4n) is 2.04. The van der Waals surface area contributed by atoms with Crippen molar-refractivity contribution in [3.05, 3.63) is 52.0 Å². The van der Waals surface area contributed by atoms with Crippen LogP contribution in [0.3, 0.4) is 0 Å². The molecule has 0 aliphatic carbocycles. The summed E-state index contributed by atoms with van der Waals surface area (Å²) in [4.78, 5) is 12.4. The maximum absolute atomic E-state index is 12.4. The number of hydrogen-bond acceptors (Lipinski definition) is 3. The Morgan fingerprint density at radius 3 is 2.76 bits per heavy atom. The van der Waals surface area contributed by atoms with Crippen molar-refractivity contribution in [1.82, 2.24) is 0 Å². The molecule has 2 aromatic carbocycles. The molecule has 0 saturated heterocycles. The predicted octanol–water partition coefficient (Wildman–Crippen LogP) is 4.02. The standard InChI is InChI=1S/C15H11Cl2NO3/c16-9-4-5-11(17)12(8-9)18-15(19)10-2-1-3-13-14(10)21-7-6-20-13/h1-5,8H,6-7H2,(H,18,19). The van der Waals surface area contributed by atoms with E-state index < -0.39 is 0 Å². The number of halogens is 2. The monoisotopic (exact) mass is 323 g/mol. The Hall–Kier alpha value is -1.91. The Kier molecular flexibility index (Phi) is 3.90. The number of fused-ring (bicyclic) bond motifs is 1. The van der Waals surface area contributed by atoms with Gasteiger partial charge in [0.15, 0.2) is 11.5 Å². The van der Waals surface area contributed by atoms with E-state index in [-0.39, 0.29) is 5.91 Å². The Labute approximate surface area is 131 Å². The first kappa shape index (κ1) is 14.0. The first-order valence-electron chi connectivity index (χ1n) is 6.30. The van der Waals surface area contributed by atoms with Crippen LogP contribution in [-0.4, -0.2) is 19.1 Å². The zero-order chi connectivity index (χ0) is 14.8. The quantitative estimate of drug-likeness (QED) is 0.908. The molecule has 0 saturated carbocycles. The molecule has 1 heterocycles. The Morgan fingerprint density at radius 2 is 1.90 bits per heavy atom. The molecule has 1 N–H and O–H groups in total. The summed E-state index contributed by atoms with van der Waals surface area (Å²) in [6.45, 7) is 0.882. The SMILES string of the molecule is O=C(Nc1cc(Cl)ccc1Cl)c1cccc2c1OCCO2. The van der Waals surface area contributed by atoms with Gasteiger partial charge in [-0.2, -0.15) is 0 Å². The highest BCUT2D eigenvalue weighted by molar-refractivity contribution is 6.35. The second-order valence-corrected chi connectivity index (χ2v) is 5.25. The molecule has 0 radical (unpaired) electrons. The summed E-state index contributed by atoms with van der Waals surface area (Å²) in [7, 11) is 0. The zero-order valence-electron chi connectivity index (χ0n) is 10.9. The van der Waals surface area contributed by atoms with Crippen LogP contribution in [0, 0.1) is 0 Å². The predicted molar refractivity (Wildman–Crippen MR) is 81.8 cm³/mol. The van der Waals surface area contributed by atoms with Crippen LogP contribution in [0.15, 0.2) is 36.4 Å². The Morgan fingerprint density at radius 1 is 1.10 bits per heavy atom. The second-order valence-electron chi connectivity index (χ2n) is 4.41. The van der Waals surface area contributed by atoms with Gasteiger partial charge in [0, 0.05) is 5.02 Å². The average molecular weight is 324 g/mol. The number of rotatable bonds is 2. The topological polar surface area (TPSA) is 47.6 Å². The Bertz CT molecular complexity index is 703. The van der Waals surface area contributed by atoms with Crippen molar-refractivity contribution in [1.29, 1.82) is 0 Å². The fraction of sp³-hybridized carbons (Fsp3) is 0.133. The minimum absolute atomic E-state index is 0.332. The summed E-state index contributed by atoms with van der Waals surface area (Å²) in [6.07, 6.45) is 0. The van der Waals surface area contributed by atoms with E-state index >= 15 is 0 Å². The zero-order valence-corrected chi connectivity index (χ0v) is 12.4. The first-order valence-corrected chi connectivity index (χ1v) is 7.06. The third kappa shape index (κ3) is 2.91. The third-order valence-electron chi connectivity index (χ3n) is 2.99. The number of nitrogens with one attached hydrogen (secondary N) is 1. The van der Waals surface area contributed by atoms with E-state index in [1.54, 1.807) is 36.4 Å². The molecule has 3 rings (SSSR count). The van der Waals surface area contributed by atoms with Gasteiger partial charge in [-0.25, -0.2) is 0 Å². The van der Waals surface area contributed by atoms with Gasteiger partial charge in [-0.3, -0.25) is 4.79 Å². The van der Waals surface area contributed by atoms with Crippen LogP contribution < -0.4 is 14.8 Å². The van der Waals surface area contributed by atoms with Gasteiger partial charge in [0.05, 0.1) is 16.3 Å². The van der Waals surface area contributed by atoms with Gasteiger partial charge in [0.25, 0.3) is 5.91 Å². The summed E-state index contributed by atoms with van der Waals surface area (Å²) < 4.78 is 11.0. The number of hydrogen-bond donors (Lipinski definition) is 1. The molecule has 6 heteroatoms. The van der Waals surface area contributed by atoms with E-state index in [1.165, 1.54) is 0 Å². The molecule has 1 aliphatic heterocycles. The largest absolute Gasteiger partial charge is 0.486 e. The van der Waals surface area contributed by atoms with Crippen LogP contribution in [0.4, 0.5) is 5.69 Å². The molecule has 0 bridgehead atoms. The molecule has 1 amide bonds. The average Bonchev–Trinajstić information content (AvgIpc) is 2.50. The van der Waals surface area contributed by atoms with Crippen LogP contribution in [0.2, 0.25) is 10.0 Å². The van der Waals surface area contributed by atoms with Crippen LogP contribution in [0.5, 0.6) is 11.5 Å². The Balaban J connectivity index is 1.91. The van der Waals surface area contributed by atoms with Crippen molar-refractivity contribution in [2.24, 2.45) is 0 Å². The van der Waals surface area contributed by atoms with Gasteiger partial charge in [-0.1, -0.05) is 29.3 Å². The molecule has 2 aromatic rings. The number of amides is 1. The maximum Gasteiger partial charge on any atom is 0.259 e. The van der Waals surface area contributed by atoms with Crippen LogP contribution in [-0.2, 0) is 0 Å². The molecule has 1 aliphatic rings. The van der Waals surface area contributed by atoms with Gasteiger partial charge < -0.3 is 14.8 Å². The molecular formula is C15H11Cl2NO3. The van der Waals surface area contributed by atoms with Gasteiger partial charge >= 0.3 is 0 Å². The highest BCUT2D eigenvalue weighted by Crippen LogP contribution is 2.34. The summed E-state index contributed by atoms with van der Waals surface area (Å²) in [5.74, 6) is 0.673. The molecule has 108 valence electrons. The van der Waals surface area contributed by atoms with Gasteiger partial charge in [-0.15, -0.1) is 0 Å². The molecule has 0 spiro atoms. The van der Waals surface area contributed by atoms with Crippen LogP contribution in [0.1, 0.15) is 10.4 Å². The molecule has 4 nitrogen and oxygen atoms in total. The van der Waals surface area contributed by atoms with Crippen molar-refractivity contribution in [2.45, 2.75) is 0 Å². The fourth-order valence-corrected chi connectivity index (χ4v) is 2.37. The number of ether oxygens (including phenoxy) is 2. The molecule has 21 heavy (non-hydrogen) atoms. The lowest BCUT2D eigenvalue weighted by atomic mass is 10.1. The smallest absolute Gasteiger partial charge is 0.259 e. The second kappa shape index (κ2) is 5.84. The van der Waals surface area contributed by atoms with E-state index in [0.717, 1.165) is 0 Å². The molecule has 0 aromatic heterocycles. The van der Waals surface area contributed by atoms with Crippen LogP contribution >= 0.6 is 23.2 Å². The number of carbonyl (C=O) groups excluding carboxylic acids is 1. The van der Waals surface area contributed by atoms with Gasteiger partial charge in [-0.05, 0) is 30.3 Å². The van der Waals surface area contributed by atoms with E-state index in [4.69, 9.17) is 32.7 Å². The van der Waals surface area contributed by atoms with Crippen LogP contribution in [0.25, 0.3) is 0 Å². The minimum atomic E-state index is -0.332. The van der Waals surface area contributed by atoms with Crippen molar-refractivity contribution in [3.8, 4) is 11.5 Å². The highest BCUT2D eigenvalue weighted by Gasteiger charge is 2.20. The molecule has 0 unspecified atom stereocenters. The lowest BCUT2D eigenvalue weighted by Gasteiger charge is -2.20.